The molecular weight excluding hydrogens is 210 g/mol. The summed E-state index contributed by atoms with van der Waals surface area (Å²) >= 11 is 0. The molecule has 1 rings (SSSR count). The van der Waals surface area contributed by atoms with Gasteiger partial charge in [0, 0.05) is 12.6 Å². The summed E-state index contributed by atoms with van der Waals surface area (Å²) in [5.74, 6) is 1.55. The van der Waals surface area contributed by atoms with Gasteiger partial charge in [-0.05, 0) is 51.0 Å². The maximum atomic E-state index is 6.03. The quantitative estimate of drug-likeness (QED) is 0.631. The van der Waals surface area contributed by atoms with Gasteiger partial charge < -0.3 is 10.1 Å². The van der Waals surface area contributed by atoms with E-state index in [1.54, 1.807) is 0 Å². The highest BCUT2D eigenvalue weighted by atomic mass is 16.5. The van der Waals surface area contributed by atoms with Gasteiger partial charge in [0.2, 0.25) is 0 Å². The molecule has 1 N–H and O–H groups in total. The second-order valence-electron chi connectivity index (χ2n) is 5.50. The first kappa shape index (κ1) is 15.0. The molecular formula is C15H31NO. The zero-order valence-corrected chi connectivity index (χ0v) is 12.2. The second-order valence-corrected chi connectivity index (χ2v) is 5.50. The van der Waals surface area contributed by atoms with Gasteiger partial charge >= 0.3 is 0 Å². The molecule has 0 radical (unpaired) electrons. The standard InChI is InChI=1S/C15H31NO/c1-5-8-12(4)14(16-11-6-2)15(17-7-3)13-9-10-13/h12-16H,5-11H2,1-4H3. The van der Waals surface area contributed by atoms with Crippen LogP contribution in [-0.4, -0.2) is 25.3 Å². The summed E-state index contributed by atoms with van der Waals surface area (Å²) in [6, 6.07) is 0.558. The Bertz CT molecular complexity index is 191. The van der Waals surface area contributed by atoms with Crippen LogP contribution in [-0.2, 0) is 4.74 Å². The van der Waals surface area contributed by atoms with E-state index in [-0.39, 0.29) is 0 Å². The van der Waals surface area contributed by atoms with Crippen LogP contribution in [0.4, 0.5) is 0 Å². The van der Waals surface area contributed by atoms with Crippen LogP contribution in [0.5, 0.6) is 0 Å². The van der Waals surface area contributed by atoms with Crippen molar-refractivity contribution in [2.45, 2.75) is 71.9 Å². The lowest BCUT2D eigenvalue weighted by Crippen LogP contribution is -2.47. The molecule has 0 bridgehead atoms. The minimum absolute atomic E-state index is 0.452. The maximum absolute atomic E-state index is 6.03. The van der Waals surface area contributed by atoms with Gasteiger partial charge in [0.1, 0.15) is 0 Å². The average Bonchev–Trinajstić information content (AvgIpc) is 3.12. The Morgan fingerprint density at radius 2 is 1.88 bits per heavy atom. The van der Waals surface area contributed by atoms with E-state index in [0.717, 1.165) is 25.0 Å². The molecule has 0 heterocycles. The van der Waals surface area contributed by atoms with Crippen molar-refractivity contribution in [2.75, 3.05) is 13.2 Å². The number of ether oxygens (including phenoxy) is 1. The molecule has 0 aromatic carbocycles. The van der Waals surface area contributed by atoms with Gasteiger partial charge in [0.05, 0.1) is 6.10 Å². The fraction of sp³-hybridized carbons (Fsp3) is 1.00. The van der Waals surface area contributed by atoms with Gasteiger partial charge in [-0.3, -0.25) is 0 Å². The van der Waals surface area contributed by atoms with Gasteiger partial charge in [0.15, 0.2) is 0 Å². The van der Waals surface area contributed by atoms with Gasteiger partial charge in [-0.1, -0.05) is 27.2 Å². The van der Waals surface area contributed by atoms with Crippen LogP contribution < -0.4 is 5.32 Å². The topological polar surface area (TPSA) is 21.3 Å². The third kappa shape index (κ3) is 4.97. The van der Waals surface area contributed by atoms with E-state index in [1.807, 2.05) is 0 Å². The van der Waals surface area contributed by atoms with E-state index in [4.69, 9.17) is 4.74 Å². The lowest BCUT2D eigenvalue weighted by molar-refractivity contribution is 0.00391. The summed E-state index contributed by atoms with van der Waals surface area (Å²) in [5, 5.41) is 3.74. The van der Waals surface area contributed by atoms with Crippen LogP contribution in [0.3, 0.4) is 0 Å². The summed E-state index contributed by atoms with van der Waals surface area (Å²) in [7, 11) is 0. The molecule has 1 fully saturated rings. The Kier molecular flexibility index (Phi) is 7.14. The van der Waals surface area contributed by atoms with E-state index in [9.17, 15) is 0 Å². The van der Waals surface area contributed by atoms with E-state index in [0.29, 0.717) is 12.1 Å². The van der Waals surface area contributed by atoms with Crippen molar-refractivity contribution < 1.29 is 4.74 Å². The molecule has 1 aliphatic carbocycles. The molecule has 3 unspecified atom stereocenters. The number of hydrogen-bond acceptors (Lipinski definition) is 2. The Morgan fingerprint density at radius 1 is 1.18 bits per heavy atom. The summed E-state index contributed by atoms with van der Waals surface area (Å²) in [4.78, 5) is 0. The van der Waals surface area contributed by atoms with Crippen LogP contribution in [0.2, 0.25) is 0 Å². The molecule has 0 saturated heterocycles. The van der Waals surface area contributed by atoms with E-state index >= 15 is 0 Å². The summed E-state index contributed by atoms with van der Waals surface area (Å²) in [5.41, 5.74) is 0. The first-order valence-corrected chi connectivity index (χ1v) is 7.59. The molecule has 0 aromatic rings. The first-order valence-electron chi connectivity index (χ1n) is 7.59. The van der Waals surface area contributed by atoms with Crippen LogP contribution in [0.25, 0.3) is 0 Å². The van der Waals surface area contributed by atoms with E-state index < -0.39 is 0 Å². The molecule has 1 aliphatic rings. The minimum atomic E-state index is 0.452. The molecule has 3 atom stereocenters. The zero-order chi connectivity index (χ0) is 12.7. The highest BCUT2D eigenvalue weighted by Gasteiger charge is 2.38. The monoisotopic (exact) mass is 241 g/mol. The molecule has 102 valence electrons. The summed E-state index contributed by atoms with van der Waals surface area (Å²) < 4.78 is 6.03. The molecule has 2 nitrogen and oxygen atoms in total. The SMILES string of the molecule is CCCNC(C(C)CCC)C(OCC)C1CC1. The van der Waals surface area contributed by atoms with Crippen molar-refractivity contribution in [1.29, 1.82) is 0 Å². The second kappa shape index (κ2) is 8.10. The highest BCUT2D eigenvalue weighted by Crippen LogP contribution is 2.37. The molecule has 2 heteroatoms. The summed E-state index contributed by atoms with van der Waals surface area (Å²) in [6.45, 7) is 11.0. The lowest BCUT2D eigenvalue weighted by atomic mass is 9.90. The van der Waals surface area contributed by atoms with Gasteiger partial charge in [-0.15, -0.1) is 0 Å². The predicted molar refractivity (Wildman–Crippen MR) is 74.3 cm³/mol. The van der Waals surface area contributed by atoms with Crippen molar-refractivity contribution in [3.63, 3.8) is 0 Å². The van der Waals surface area contributed by atoms with Gasteiger partial charge in [-0.2, -0.15) is 0 Å². The fourth-order valence-electron chi connectivity index (χ4n) is 2.74. The van der Waals surface area contributed by atoms with Gasteiger partial charge in [0.25, 0.3) is 0 Å². The Hall–Kier alpha value is -0.0800. The minimum Gasteiger partial charge on any atom is -0.377 e. The Balaban J connectivity index is 2.56. The third-order valence-corrected chi connectivity index (χ3v) is 3.79. The lowest BCUT2D eigenvalue weighted by Gasteiger charge is -2.33. The largest absolute Gasteiger partial charge is 0.377 e. The van der Waals surface area contributed by atoms with E-state index in [1.165, 1.54) is 32.1 Å². The molecule has 17 heavy (non-hydrogen) atoms. The first-order chi connectivity index (χ1) is 8.24. The Morgan fingerprint density at radius 3 is 2.35 bits per heavy atom. The fourth-order valence-corrected chi connectivity index (χ4v) is 2.74. The maximum Gasteiger partial charge on any atom is 0.0758 e. The van der Waals surface area contributed by atoms with Crippen molar-refractivity contribution >= 4 is 0 Å². The van der Waals surface area contributed by atoms with Crippen molar-refractivity contribution in [3.8, 4) is 0 Å². The number of hydrogen-bond donors (Lipinski definition) is 1. The Labute approximate surface area is 108 Å². The van der Waals surface area contributed by atoms with Crippen molar-refractivity contribution in [3.05, 3.63) is 0 Å². The molecule has 0 aliphatic heterocycles. The van der Waals surface area contributed by atoms with Crippen LogP contribution in [0.15, 0.2) is 0 Å². The third-order valence-electron chi connectivity index (χ3n) is 3.79. The van der Waals surface area contributed by atoms with Crippen molar-refractivity contribution in [1.82, 2.24) is 5.32 Å². The van der Waals surface area contributed by atoms with E-state index in [2.05, 4.69) is 33.0 Å². The van der Waals surface area contributed by atoms with Crippen LogP contribution in [0, 0.1) is 11.8 Å². The number of nitrogens with one attached hydrogen (secondary N) is 1. The normalized spacial score (nSPS) is 21.2. The number of rotatable bonds is 10. The summed E-state index contributed by atoms with van der Waals surface area (Å²) in [6.07, 6.45) is 6.97. The highest BCUT2D eigenvalue weighted by molar-refractivity contribution is 4.92. The smallest absolute Gasteiger partial charge is 0.0758 e. The molecule has 0 aromatic heterocycles. The van der Waals surface area contributed by atoms with Crippen molar-refractivity contribution in [2.24, 2.45) is 11.8 Å². The molecule has 0 amide bonds. The van der Waals surface area contributed by atoms with Crippen LogP contribution >= 0.6 is 0 Å². The van der Waals surface area contributed by atoms with Crippen LogP contribution in [0.1, 0.15) is 59.8 Å². The van der Waals surface area contributed by atoms with Gasteiger partial charge in [-0.25, -0.2) is 0 Å². The predicted octanol–water partition coefficient (Wildman–Crippen LogP) is 3.61. The zero-order valence-electron chi connectivity index (χ0n) is 12.2. The molecule has 1 saturated carbocycles. The average molecular weight is 241 g/mol. The molecule has 0 spiro atoms.